The van der Waals surface area contributed by atoms with Gasteiger partial charge in [-0.25, -0.2) is 4.39 Å². The molecule has 0 saturated heterocycles. The lowest BCUT2D eigenvalue weighted by Gasteiger charge is -2.26. The van der Waals surface area contributed by atoms with Gasteiger partial charge in [0.1, 0.15) is 11.9 Å². The number of rotatable bonds is 5. The molecule has 1 aliphatic rings. The average Bonchev–Trinajstić information content (AvgIpc) is 3.09. The van der Waals surface area contributed by atoms with E-state index >= 15 is 0 Å². The molecule has 0 spiro atoms. The van der Waals surface area contributed by atoms with Gasteiger partial charge >= 0.3 is 5.97 Å². The van der Waals surface area contributed by atoms with Gasteiger partial charge in [0.25, 0.3) is 0 Å². The molecule has 17 heavy (non-hydrogen) atoms. The standard InChI is InChI=1S/C13H16FNO2/c1-9(13(16)17)15(12-5-6-12)8-10-3-2-4-11(14)7-10/h2-4,7,9,12H,5-6,8H2,1H3,(H,16,17). The molecule has 0 aromatic heterocycles. The molecule has 1 N–H and O–H groups in total. The second kappa shape index (κ2) is 4.84. The molecule has 92 valence electrons. The van der Waals surface area contributed by atoms with Gasteiger partial charge in [-0.05, 0) is 37.5 Å². The van der Waals surface area contributed by atoms with E-state index in [1.165, 1.54) is 12.1 Å². The van der Waals surface area contributed by atoms with E-state index in [1.807, 2.05) is 11.0 Å². The topological polar surface area (TPSA) is 40.5 Å². The van der Waals surface area contributed by atoms with Crippen LogP contribution in [0.2, 0.25) is 0 Å². The average molecular weight is 237 g/mol. The largest absolute Gasteiger partial charge is 0.480 e. The molecule has 1 fully saturated rings. The summed E-state index contributed by atoms with van der Waals surface area (Å²) in [7, 11) is 0. The first-order chi connectivity index (χ1) is 8.08. The smallest absolute Gasteiger partial charge is 0.320 e. The normalized spacial score (nSPS) is 17.1. The maximum absolute atomic E-state index is 13.1. The van der Waals surface area contributed by atoms with Crippen molar-refractivity contribution in [3.05, 3.63) is 35.6 Å². The minimum absolute atomic E-state index is 0.277. The van der Waals surface area contributed by atoms with E-state index in [-0.39, 0.29) is 5.82 Å². The van der Waals surface area contributed by atoms with Crippen molar-refractivity contribution in [1.82, 2.24) is 4.90 Å². The van der Waals surface area contributed by atoms with Crippen molar-refractivity contribution in [1.29, 1.82) is 0 Å². The van der Waals surface area contributed by atoms with E-state index in [2.05, 4.69) is 0 Å². The molecule has 0 bridgehead atoms. The maximum Gasteiger partial charge on any atom is 0.320 e. The molecule has 4 heteroatoms. The van der Waals surface area contributed by atoms with Crippen LogP contribution in [0.15, 0.2) is 24.3 Å². The molecule has 1 unspecified atom stereocenters. The van der Waals surface area contributed by atoms with E-state index in [1.54, 1.807) is 13.0 Å². The SMILES string of the molecule is CC(C(=O)O)N(Cc1cccc(F)c1)C1CC1. The number of benzene rings is 1. The number of halogens is 1. The van der Waals surface area contributed by atoms with Gasteiger partial charge in [0.05, 0.1) is 0 Å². The molecule has 0 aliphatic heterocycles. The quantitative estimate of drug-likeness (QED) is 0.854. The number of nitrogens with zero attached hydrogens (tertiary/aromatic N) is 1. The summed E-state index contributed by atoms with van der Waals surface area (Å²) in [5.41, 5.74) is 0.824. The Hall–Kier alpha value is -1.42. The number of hydrogen-bond acceptors (Lipinski definition) is 2. The van der Waals surface area contributed by atoms with Gasteiger partial charge in [0, 0.05) is 12.6 Å². The first-order valence-corrected chi connectivity index (χ1v) is 5.81. The summed E-state index contributed by atoms with van der Waals surface area (Å²) in [4.78, 5) is 12.9. The van der Waals surface area contributed by atoms with Gasteiger partial charge in [0.2, 0.25) is 0 Å². The van der Waals surface area contributed by atoms with E-state index in [0.29, 0.717) is 12.6 Å². The van der Waals surface area contributed by atoms with Crippen LogP contribution in [-0.2, 0) is 11.3 Å². The number of carbonyl (C=O) groups is 1. The highest BCUT2D eigenvalue weighted by molar-refractivity contribution is 5.73. The molecule has 2 rings (SSSR count). The van der Waals surface area contributed by atoms with Crippen molar-refractivity contribution in [2.24, 2.45) is 0 Å². The fourth-order valence-electron chi connectivity index (χ4n) is 1.98. The molecule has 1 aromatic carbocycles. The summed E-state index contributed by atoms with van der Waals surface area (Å²) in [6.45, 7) is 2.18. The number of aliphatic carboxylic acids is 1. The second-order valence-corrected chi connectivity index (χ2v) is 4.55. The summed E-state index contributed by atoms with van der Waals surface area (Å²) >= 11 is 0. The Labute approximate surface area is 99.9 Å². The molecule has 1 atom stereocenters. The van der Waals surface area contributed by atoms with E-state index in [4.69, 9.17) is 5.11 Å². The van der Waals surface area contributed by atoms with E-state index in [9.17, 15) is 9.18 Å². The molecule has 3 nitrogen and oxygen atoms in total. The molecular weight excluding hydrogens is 221 g/mol. The zero-order valence-corrected chi connectivity index (χ0v) is 9.77. The zero-order valence-electron chi connectivity index (χ0n) is 9.77. The van der Waals surface area contributed by atoms with Crippen LogP contribution in [0.3, 0.4) is 0 Å². The van der Waals surface area contributed by atoms with Crippen LogP contribution in [0.1, 0.15) is 25.3 Å². The Bertz CT molecular complexity index is 418. The van der Waals surface area contributed by atoms with Gasteiger partial charge < -0.3 is 5.11 Å². The monoisotopic (exact) mass is 237 g/mol. The van der Waals surface area contributed by atoms with E-state index < -0.39 is 12.0 Å². The third kappa shape index (κ3) is 3.03. The summed E-state index contributed by atoms with van der Waals surface area (Å²) in [6.07, 6.45) is 2.07. The first-order valence-electron chi connectivity index (χ1n) is 5.81. The van der Waals surface area contributed by atoms with Crippen molar-refractivity contribution >= 4 is 5.97 Å². The van der Waals surface area contributed by atoms with Crippen molar-refractivity contribution < 1.29 is 14.3 Å². The third-order valence-electron chi connectivity index (χ3n) is 3.12. The van der Waals surface area contributed by atoms with Crippen LogP contribution in [0.5, 0.6) is 0 Å². The van der Waals surface area contributed by atoms with Gasteiger partial charge in [-0.1, -0.05) is 12.1 Å². The van der Waals surface area contributed by atoms with Crippen LogP contribution in [0.25, 0.3) is 0 Å². The minimum atomic E-state index is -0.826. The van der Waals surface area contributed by atoms with Crippen LogP contribution in [0, 0.1) is 5.82 Å². The molecule has 0 amide bonds. The Morgan fingerprint density at radius 1 is 1.59 bits per heavy atom. The minimum Gasteiger partial charge on any atom is -0.480 e. The van der Waals surface area contributed by atoms with Crippen molar-refractivity contribution in [3.8, 4) is 0 Å². The highest BCUT2D eigenvalue weighted by Gasteiger charge is 2.34. The van der Waals surface area contributed by atoms with E-state index in [0.717, 1.165) is 18.4 Å². The number of carboxylic acids is 1. The summed E-state index contributed by atoms with van der Waals surface area (Å²) in [5.74, 6) is -1.10. The van der Waals surface area contributed by atoms with Crippen LogP contribution in [-0.4, -0.2) is 28.1 Å². The summed E-state index contributed by atoms with van der Waals surface area (Å²) in [5, 5.41) is 9.05. The number of hydrogen-bond donors (Lipinski definition) is 1. The first kappa shape index (κ1) is 12.0. The lowest BCUT2D eigenvalue weighted by Crippen LogP contribution is -2.40. The molecule has 0 radical (unpaired) electrons. The lowest BCUT2D eigenvalue weighted by atomic mass is 10.1. The van der Waals surface area contributed by atoms with Crippen LogP contribution in [0.4, 0.5) is 4.39 Å². The Morgan fingerprint density at radius 3 is 2.82 bits per heavy atom. The number of carboxylic acid groups (broad SMARTS) is 1. The Balaban J connectivity index is 2.10. The van der Waals surface area contributed by atoms with Crippen molar-refractivity contribution in [2.45, 2.75) is 38.4 Å². The van der Waals surface area contributed by atoms with Gasteiger partial charge in [-0.15, -0.1) is 0 Å². The van der Waals surface area contributed by atoms with Crippen molar-refractivity contribution in [3.63, 3.8) is 0 Å². The van der Waals surface area contributed by atoms with Gasteiger partial charge in [0.15, 0.2) is 0 Å². The highest BCUT2D eigenvalue weighted by atomic mass is 19.1. The molecule has 1 aromatic rings. The third-order valence-corrected chi connectivity index (χ3v) is 3.12. The summed E-state index contributed by atoms with van der Waals surface area (Å²) in [6, 6.07) is 6.15. The predicted molar refractivity (Wildman–Crippen MR) is 62.1 cm³/mol. The molecular formula is C13H16FNO2. The van der Waals surface area contributed by atoms with Gasteiger partial charge in [-0.2, -0.15) is 0 Å². The maximum atomic E-state index is 13.1. The van der Waals surface area contributed by atoms with Crippen LogP contribution < -0.4 is 0 Å². The highest BCUT2D eigenvalue weighted by Crippen LogP contribution is 2.30. The molecule has 1 saturated carbocycles. The van der Waals surface area contributed by atoms with Gasteiger partial charge in [-0.3, -0.25) is 9.69 Å². The molecule has 1 aliphatic carbocycles. The van der Waals surface area contributed by atoms with Crippen LogP contribution >= 0.6 is 0 Å². The molecule has 0 heterocycles. The lowest BCUT2D eigenvalue weighted by molar-refractivity contribution is -0.143. The summed E-state index contributed by atoms with van der Waals surface area (Å²) < 4.78 is 13.1. The zero-order chi connectivity index (χ0) is 12.4. The fraction of sp³-hybridized carbons (Fsp3) is 0.462. The Kier molecular flexibility index (Phi) is 3.43. The van der Waals surface area contributed by atoms with Crippen molar-refractivity contribution in [2.75, 3.05) is 0 Å². The second-order valence-electron chi connectivity index (χ2n) is 4.55. The predicted octanol–water partition coefficient (Wildman–Crippen LogP) is 2.26. The Morgan fingerprint density at radius 2 is 2.29 bits per heavy atom. The fourth-order valence-corrected chi connectivity index (χ4v) is 1.98.